The number of hydrogen-bond acceptors (Lipinski definition) is 5. The summed E-state index contributed by atoms with van der Waals surface area (Å²) < 4.78 is 9.78. The molecular formula is C17H23NO5. The van der Waals surface area contributed by atoms with Gasteiger partial charge in [-0.15, -0.1) is 0 Å². The van der Waals surface area contributed by atoms with Crippen LogP contribution >= 0.6 is 0 Å². The highest BCUT2D eigenvalue weighted by Gasteiger charge is 2.23. The maximum atomic E-state index is 12.2. The zero-order valence-electron chi connectivity index (χ0n) is 13.8. The summed E-state index contributed by atoms with van der Waals surface area (Å²) in [6.45, 7) is 5.79. The fourth-order valence-electron chi connectivity index (χ4n) is 1.93. The second-order valence-electron chi connectivity index (χ2n) is 4.99. The third-order valence-electron chi connectivity index (χ3n) is 3.13. The molecule has 0 saturated carbocycles. The van der Waals surface area contributed by atoms with Gasteiger partial charge in [-0.2, -0.15) is 0 Å². The molecule has 6 heteroatoms. The standard InChI is InChI=1S/C17H23NO5/c1-4-22-15(19)11-10-14(17(21)23-5-2)18-16(20)13-8-6-12(3)7-9-13/h6-9,14H,4-5,10-11H2,1-3H3,(H,18,20). The van der Waals surface area contributed by atoms with Crippen molar-refractivity contribution in [3.05, 3.63) is 35.4 Å². The van der Waals surface area contributed by atoms with Crippen LogP contribution in [0.1, 0.15) is 42.6 Å². The molecule has 0 aromatic heterocycles. The molecule has 1 rings (SSSR count). The van der Waals surface area contributed by atoms with E-state index in [2.05, 4.69) is 5.32 Å². The molecule has 0 saturated heterocycles. The van der Waals surface area contributed by atoms with E-state index in [1.165, 1.54) is 0 Å². The molecule has 0 aliphatic carbocycles. The van der Waals surface area contributed by atoms with E-state index in [9.17, 15) is 14.4 Å². The summed E-state index contributed by atoms with van der Waals surface area (Å²) in [6.07, 6.45) is 0.167. The van der Waals surface area contributed by atoms with Crippen LogP contribution in [0.5, 0.6) is 0 Å². The number of carbonyl (C=O) groups is 3. The van der Waals surface area contributed by atoms with Crippen LogP contribution in [-0.4, -0.2) is 37.1 Å². The van der Waals surface area contributed by atoms with Crippen molar-refractivity contribution in [3.63, 3.8) is 0 Å². The van der Waals surface area contributed by atoms with Gasteiger partial charge < -0.3 is 14.8 Å². The average Bonchev–Trinajstić information content (AvgIpc) is 2.52. The molecule has 1 unspecified atom stereocenters. The number of benzene rings is 1. The average molecular weight is 321 g/mol. The van der Waals surface area contributed by atoms with Crippen LogP contribution in [0.4, 0.5) is 0 Å². The summed E-state index contributed by atoms with van der Waals surface area (Å²) in [5.74, 6) is -1.35. The Balaban J connectivity index is 2.71. The van der Waals surface area contributed by atoms with Gasteiger partial charge in [0.25, 0.3) is 5.91 Å². The molecule has 23 heavy (non-hydrogen) atoms. The lowest BCUT2D eigenvalue weighted by Crippen LogP contribution is -2.42. The van der Waals surface area contributed by atoms with Crippen molar-refractivity contribution in [2.45, 2.75) is 39.7 Å². The van der Waals surface area contributed by atoms with E-state index in [4.69, 9.17) is 9.47 Å². The Labute approximate surface area is 136 Å². The molecule has 1 aromatic carbocycles. The van der Waals surface area contributed by atoms with Gasteiger partial charge in [-0.25, -0.2) is 4.79 Å². The minimum atomic E-state index is -0.881. The van der Waals surface area contributed by atoms with E-state index >= 15 is 0 Å². The van der Waals surface area contributed by atoms with Crippen molar-refractivity contribution in [2.24, 2.45) is 0 Å². The number of esters is 2. The number of amides is 1. The van der Waals surface area contributed by atoms with E-state index in [1.54, 1.807) is 26.0 Å². The molecule has 0 bridgehead atoms. The van der Waals surface area contributed by atoms with E-state index in [0.29, 0.717) is 5.56 Å². The normalized spacial score (nSPS) is 11.4. The van der Waals surface area contributed by atoms with Gasteiger partial charge in [-0.05, 0) is 39.3 Å². The molecule has 126 valence electrons. The van der Waals surface area contributed by atoms with E-state index in [-0.39, 0.29) is 32.0 Å². The van der Waals surface area contributed by atoms with Gasteiger partial charge in [-0.1, -0.05) is 17.7 Å². The van der Waals surface area contributed by atoms with Crippen molar-refractivity contribution in [1.82, 2.24) is 5.32 Å². The lowest BCUT2D eigenvalue weighted by Gasteiger charge is -2.17. The molecule has 0 aliphatic rings. The zero-order chi connectivity index (χ0) is 17.2. The summed E-state index contributed by atoms with van der Waals surface area (Å²) >= 11 is 0. The lowest BCUT2D eigenvalue weighted by molar-refractivity contribution is -0.146. The fourth-order valence-corrected chi connectivity index (χ4v) is 1.93. The van der Waals surface area contributed by atoms with Gasteiger partial charge in [0.2, 0.25) is 0 Å². The highest BCUT2D eigenvalue weighted by atomic mass is 16.5. The third-order valence-corrected chi connectivity index (χ3v) is 3.13. The number of rotatable bonds is 8. The molecule has 1 aromatic rings. The quantitative estimate of drug-likeness (QED) is 0.741. The van der Waals surface area contributed by atoms with E-state index in [0.717, 1.165) is 5.56 Å². The Morgan fingerprint density at radius 2 is 1.65 bits per heavy atom. The first-order valence-corrected chi connectivity index (χ1v) is 7.67. The monoisotopic (exact) mass is 321 g/mol. The molecule has 0 fully saturated rings. The largest absolute Gasteiger partial charge is 0.466 e. The molecule has 6 nitrogen and oxygen atoms in total. The summed E-state index contributed by atoms with van der Waals surface area (Å²) in [6, 6.07) is 6.10. The third kappa shape index (κ3) is 6.50. The van der Waals surface area contributed by atoms with Crippen molar-refractivity contribution in [2.75, 3.05) is 13.2 Å². The number of carbonyl (C=O) groups excluding carboxylic acids is 3. The number of nitrogens with one attached hydrogen (secondary N) is 1. The fraction of sp³-hybridized carbons (Fsp3) is 0.471. The van der Waals surface area contributed by atoms with Crippen LogP contribution in [0.15, 0.2) is 24.3 Å². The molecule has 0 radical (unpaired) electrons. The van der Waals surface area contributed by atoms with Crippen LogP contribution in [0.2, 0.25) is 0 Å². The van der Waals surface area contributed by atoms with Crippen LogP contribution in [0, 0.1) is 6.92 Å². The van der Waals surface area contributed by atoms with Gasteiger partial charge in [0.05, 0.1) is 13.2 Å². The van der Waals surface area contributed by atoms with Gasteiger partial charge >= 0.3 is 11.9 Å². The number of ether oxygens (including phenoxy) is 2. The Kier molecular flexibility index (Phi) is 7.80. The minimum absolute atomic E-state index is 0.0332. The number of hydrogen-bond donors (Lipinski definition) is 1. The van der Waals surface area contributed by atoms with E-state index in [1.807, 2.05) is 19.1 Å². The summed E-state index contributed by atoms with van der Waals surface area (Å²) in [4.78, 5) is 35.6. The van der Waals surface area contributed by atoms with Crippen molar-refractivity contribution < 1.29 is 23.9 Å². The smallest absolute Gasteiger partial charge is 0.328 e. The maximum Gasteiger partial charge on any atom is 0.328 e. The summed E-state index contributed by atoms with van der Waals surface area (Å²) in [5, 5.41) is 2.61. The predicted molar refractivity (Wildman–Crippen MR) is 84.9 cm³/mol. The molecule has 0 spiro atoms. The van der Waals surface area contributed by atoms with E-state index < -0.39 is 18.0 Å². The van der Waals surface area contributed by atoms with Gasteiger partial charge in [0.15, 0.2) is 0 Å². The molecule has 1 N–H and O–H groups in total. The molecule has 0 aliphatic heterocycles. The second-order valence-corrected chi connectivity index (χ2v) is 4.99. The Morgan fingerprint density at radius 1 is 1.04 bits per heavy atom. The Morgan fingerprint density at radius 3 is 2.22 bits per heavy atom. The topological polar surface area (TPSA) is 81.7 Å². The Bertz CT molecular complexity index is 538. The number of aryl methyl sites for hydroxylation is 1. The van der Waals surface area contributed by atoms with Crippen molar-refractivity contribution in [3.8, 4) is 0 Å². The highest BCUT2D eigenvalue weighted by molar-refractivity contribution is 5.96. The van der Waals surface area contributed by atoms with Crippen LogP contribution in [0.25, 0.3) is 0 Å². The highest BCUT2D eigenvalue weighted by Crippen LogP contribution is 2.07. The first-order valence-electron chi connectivity index (χ1n) is 7.67. The zero-order valence-corrected chi connectivity index (χ0v) is 13.8. The van der Waals surface area contributed by atoms with Gasteiger partial charge in [0.1, 0.15) is 6.04 Å². The minimum Gasteiger partial charge on any atom is -0.466 e. The Hall–Kier alpha value is -2.37. The van der Waals surface area contributed by atoms with Crippen LogP contribution < -0.4 is 5.32 Å². The van der Waals surface area contributed by atoms with Gasteiger partial charge in [-0.3, -0.25) is 9.59 Å². The molecule has 0 heterocycles. The SMILES string of the molecule is CCOC(=O)CCC(NC(=O)c1ccc(C)cc1)C(=O)OCC. The summed E-state index contributed by atoms with van der Waals surface area (Å²) in [5.41, 5.74) is 1.48. The van der Waals surface area contributed by atoms with Crippen molar-refractivity contribution >= 4 is 17.8 Å². The van der Waals surface area contributed by atoms with Crippen molar-refractivity contribution in [1.29, 1.82) is 0 Å². The molecule has 1 amide bonds. The lowest BCUT2D eigenvalue weighted by atomic mass is 10.1. The predicted octanol–water partition coefficient (Wildman–Crippen LogP) is 2.00. The van der Waals surface area contributed by atoms with Crippen LogP contribution in [-0.2, 0) is 19.1 Å². The van der Waals surface area contributed by atoms with Crippen LogP contribution in [0.3, 0.4) is 0 Å². The maximum absolute atomic E-state index is 12.2. The summed E-state index contributed by atoms with van der Waals surface area (Å²) in [7, 11) is 0. The molecule has 1 atom stereocenters. The molecular weight excluding hydrogens is 298 g/mol. The first kappa shape index (κ1) is 18.7. The second kappa shape index (κ2) is 9.61. The first-order chi connectivity index (χ1) is 11.0. The van der Waals surface area contributed by atoms with Gasteiger partial charge in [0, 0.05) is 12.0 Å².